The normalized spacial score (nSPS) is 23.8. The number of aryl methyl sites for hydroxylation is 1. The summed E-state index contributed by atoms with van der Waals surface area (Å²) in [6, 6.07) is 9.00. The molecular weight excluding hydrogens is 388 g/mol. The van der Waals surface area contributed by atoms with Gasteiger partial charge in [-0.15, -0.1) is 0 Å². The first-order valence-electron chi connectivity index (χ1n) is 11.7. The first-order chi connectivity index (χ1) is 14.7. The topological polar surface area (TPSA) is 66.4 Å². The summed E-state index contributed by atoms with van der Waals surface area (Å²) in [5, 5.41) is 7.31. The predicted molar refractivity (Wildman–Crippen MR) is 124 cm³/mol. The molecule has 1 aromatic carbocycles. The number of nitrogens with one attached hydrogen (secondary N) is 2. The van der Waals surface area contributed by atoms with Gasteiger partial charge in [-0.25, -0.2) is 0 Å². The van der Waals surface area contributed by atoms with Crippen LogP contribution in [0.5, 0.6) is 0 Å². The molecule has 0 aliphatic carbocycles. The van der Waals surface area contributed by atoms with Gasteiger partial charge in [-0.1, -0.05) is 18.2 Å². The third-order valence-corrected chi connectivity index (χ3v) is 6.75. The minimum atomic E-state index is -0.195. The maximum absolute atomic E-state index is 13.0. The molecule has 6 nitrogen and oxygen atoms in total. The summed E-state index contributed by atoms with van der Waals surface area (Å²) in [5.41, 5.74) is 1.67. The number of carbonyl (C=O) groups is 2. The minimum absolute atomic E-state index is 0.0164. The van der Waals surface area contributed by atoms with Crippen molar-refractivity contribution < 1.29 is 9.59 Å². The molecule has 0 saturated carbocycles. The molecule has 2 saturated heterocycles. The van der Waals surface area contributed by atoms with Gasteiger partial charge in [0.15, 0.2) is 0 Å². The fourth-order valence-electron chi connectivity index (χ4n) is 5.46. The highest BCUT2D eigenvalue weighted by Crippen LogP contribution is 2.38. The van der Waals surface area contributed by atoms with Crippen LogP contribution in [0.4, 0.5) is 0 Å². The summed E-state index contributed by atoms with van der Waals surface area (Å²) in [7, 11) is 0. The van der Waals surface area contributed by atoms with E-state index in [1.807, 2.05) is 45.2 Å². The van der Waals surface area contributed by atoms with Gasteiger partial charge in [0, 0.05) is 47.8 Å². The van der Waals surface area contributed by atoms with Crippen LogP contribution in [0.25, 0.3) is 10.9 Å². The SMILES string of the molecule is CCn1cc(C(=O)NCC2C[C@H]3CC[C@@H](C2)N3CC(=O)NC(C)(C)C)c2ccccc21. The van der Waals surface area contributed by atoms with Gasteiger partial charge in [-0.05, 0) is 65.4 Å². The number of piperidine rings is 1. The lowest BCUT2D eigenvalue weighted by Gasteiger charge is -2.39. The number of benzene rings is 1. The molecule has 2 aliphatic heterocycles. The minimum Gasteiger partial charge on any atom is -0.352 e. The fraction of sp³-hybridized carbons (Fsp3) is 0.600. The summed E-state index contributed by atoms with van der Waals surface area (Å²) in [4.78, 5) is 27.8. The van der Waals surface area contributed by atoms with Crippen LogP contribution in [0.15, 0.2) is 30.5 Å². The van der Waals surface area contributed by atoms with E-state index in [2.05, 4.69) is 33.1 Å². The summed E-state index contributed by atoms with van der Waals surface area (Å²) in [6.07, 6.45) is 6.39. The van der Waals surface area contributed by atoms with E-state index in [4.69, 9.17) is 0 Å². The molecule has 4 rings (SSSR count). The first-order valence-corrected chi connectivity index (χ1v) is 11.7. The summed E-state index contributed by atoms with van der Waals surface area (Å²) in [6.45, 7) is 10.2. The van der Waals surface area contributed by atoms with Gasteiger partial charge in [-0.3, -0.25) is 14.5 Å². The molecule has 6 heteroatoms. The third kappa shape index (κ3) is 4.79. The number of hydrogen-bond acceptors (Lipinski definition) is 3. The Balaban J connectivity index is 1.34. The van der Waals surface area contributed by atoms with E-state index in [0.717, 1.165) is 48.7 Å². The lowest BCUT2D eigenvalue weighted by atomic mass is 9.90. The Hall–Kier alpha value is -2.34. The van der Waals surface area contributed by atoms with Crippen molar-refractivity contribution in [3.63, 3.8) is 0 Å². The molecule has 2 aromatic rings. The van der Waals surface area contributed by atoms with E-state index in [9.17, 15) is 9.59 Å². The maximum Gasteiger partial charge on any atom is 0.253 e. The zero-order chi connectivity index (χ0) is 22.2. The van der Waals surface area contributed by atoms with Gasteiger partial charge >= 0.3 is 0 Å². The Morgan fingerprint density at radius 1 is 1.10 bits per heavy atom. The average molecular weight is 425 g/mol. The summed E-state index contributed by atoms with van der Waals surface area (Å²) < 4.78 is 2.13. The molecular formula is C25H36N4O2. The van der Waals surface area contributed by atoms with Gasteiger partial charge in [0.05, 0.1) is 12.1 Å². The molecule has 3 atom stereocenters. The van der Waals surface area contributed by atoms with Crippen LogP contribution in [0.1, 0.15) is 63.7 Å². The van der Waals surface area contributed by atoms with Crippen molar-refractivity contribution >= 4 is 22.7 Å². The van der Waals surface area contributed by atoms with Gasteiger partial charge in [0.2, 0.25) is 5.91 Å². The quantitative estimate of drug-likeness (QED) is 0.745. The van der Waals surface area contributed by atoms with Crippen LogP contribution >= 0.6 is 0 Å². The van der Waals surface area contributed by atoms with Crippen LogP contribution in [-0.4, -0.2) is 52.0 Å². The Morgan fingerprint density at radius 3 is 2.42 bits per heavy atom. The van der Waals surface area contributed by atoms with E-state index >= 15 is 0 Å². The molecule has 0 spiro atoms. The lowest BCUT2D eigenvalue weighted by Crippen LogP contribution is -2.52. The van der Waals surface area contributed by atoms with Crippen molar-refractivity contribution in [3.8, 4) is 0 Å². The van der Waals surface area contributed by atoms with Crippen LogP contribution in [0, 0.1) is 5.92 Å². The Kier molecular flexibility index (Phi) is 6.11. The smallest absolute Gasteiger partial charge is 0.253 e. The number of carbonyl (C=O) groups excluding carboxylic acids is 2. The molecule has 1 unspecified atom stereocenters. The molecule has 2 aliphatic rings. The Bertz CT molecular complexity index is 944. The van der Waals surface area contributed by atoms with Crippen molar-refractivity contribution in [3.05, 3.63) is 36.0 Å². The van der Waals surface area contributed by atoms with Gasteiger partial charge in [0.25, 0.3) is 5.91 Å². The van der Waals surface area contributed by atoms with Gasteiger partial charge < -0.3 is 15.2 Å². The number of amides is 2. The highest BCUT2D eigenvalue weighted by molar-refractivity contribution is 6.07. The Labute approximate surface area is 185 Å². The molecule has 2 amide bonds. The number of fused-ring (bicyclic) bond motifs is 3. The first kappa shape index (κ1) is 21.9. The zero-order valence-corrected chi connectivity index (χ0v) is 19.3. The van der Waals surface area contributed by atoms with E-state index in [0.29, 0.717) is 31.1 Å². The Morgan fingerprint density at radius 2 is 1.77 bits per heavy atom. The predicted octanol–water partition coefficient (Wildman–Crippen LogP) is 3.55. The lowest BCUT2D eigenvalue weighted by molar-refractivity contribution is -0.125. The van der Waals surface area contributed by atoms with E-state index in [1.165, 1.54) is 0 Å². The molecule has 3 heterocycles. The van der Waals surface area contributed by atoms with Crippen LogP contribution < -0.4 is 10.6 Å². The highest BCUT2D eigenvalue weighted by atomic mass is 16.2. The molecule has 1 aromatic heterocycles. The number of aromatic nitrogens is 1. The highest BCUT2D eigenvalue weighted by Gasteiger charge is 2.41. The van der Waals surface area contributed by atoms with Crippen molar-refractivity contribution in [2.24, 2.45) is 5.92 Å². The second kappa shape index (κ2) is 8.65. The largest absolute Gasteiger partial charge is 0.352 e. The molecule has 2 fully saturated rings. The van der Waals surface area contributed by atoms with Crippen molar-refractivity contribution in [1.82, 2.24) is 20.1 Å². The summed E-state index contributed by atoms with van der Waals surface area (Å²) in [5.74, 6) is 0.606. The monoisotopic (exact) mass is 424 g/mol. The number of para-hydroxylation sites is 1. The molecule has 2 bridgehead atoms. The zero-order valence-electron chi connectivity index (χ0n) is 19.3. The molecule has 0 radical (unpaired) electrons. The van der Waals surface area contributed by atoms with Crippen LogP contribution in [0.2, 0.25) is 0 Å². The third-order valence-electron chi connectivity index (χ3n) is 6.75. The summed E-state index contributed by atoms with van der Waals surface area (Å²) >= 11 is 0. The average Bonchev–Trinajstić information content (AvgIpc) is 3.18. The fourth-order valence-corrected chi connectivity index (χ4v) is 5.46. The van der Waals surface area contributed by atoms with E-state index in [1.54, 1.807) is 0 Å². The van der Waals surface area contributed by atoms with Crippen LogP contribution in [-0.2, 0) is 11.3 Å². The van der Waals surface area contributed by atoms with E-state index in [-0.39, 0.29) is 17.4 Å². The van der Waals surface area contributed by atoms with Crippen LogP contribution in [0.3, 0.4) is 0 Å². The number of rotatable bonds is 6. The molecule has 168 valence electrons. The number of hydrogen-bond donors (Lipinski definition) is 2. The molecule has 2 N–H and O–H groups in total. The van der Waals surface area contributed by atoms with Crippen molar-refractivity contribution in [2.75, 3.05) is 13.1 Å². The van der Waals surface area contributed by atoms with Gasteiger partial charge in [0.1, 0.15) is 0 Å². The van der Waals surface area contributed by atoms with Crippen molar-refractivity contribution in [2.45, 2.75) is 77.5 Å². The number of nitrogens with zero attached hydrogens (tertiary/aromatic N) is 2. The van der Waals surface area contributed by atoms with Gasteiger partial charge in [-0.2, -0.15) is 0 Å². The second-order valence-electron chi connectivity index (χ2n) is 10.2. The van der Waals surface area contributed by atoms with Crippen molar-refractivity contribution in [1.29, 1.82) is 0 Å². The van der Waals surface area contributed by atoms with E-state index < -0.39 is 0 Å². The molecule has 31 heavy (non-hydrogen) atoms. The standard InChI is InChI=1S/C25H36N4O2/c1-5-28-15-21(20-8-6-7-9-22(20)28)24(31)26-14-17-12-18-10-11-19(13-17)29(18)16-23(30)27-25(2,3)4/h6-9,15,17-19H,5,10-14,16H2,1-4H3,(H,26,31)(H,27,30)/t17?,18-,19+. The second-order valence-corrected chi connectivity index (χ2v) is 10.2. The maximum atomic E-state index is 13.0.